The van der Waals surface area contributed by atoms with E-state index in [9.17, 15) is 9.59 Å². The third-order valence-electron chi connectivity index (χ3n) is 2.15. The summed E-state index contributed by atoms with van der Waals surface area (Å²) in [6.45, 7) is 1.68. The second-order valence-electron chi connectivity index (χ2n) is 2.99. The van der Waals surface area contributed by atoms with Crippen molar-refractivity contribution in [2.24, 2.45) is 0 Å². The van der Waals surface area contributed by atoms with E-state index in [0.717, 1.165) is 0 Å². The molecule has 0 atom stereocenters. The topological polar surface area (TPSA) is 43.4 Å². The van der Waals surface area contributed by atoms with Crippen LogP contribution in [0.2, 0.25) is 0 Å². The van der Waals surface area contributed by atoms with Crippen molar-refractivity contribution in [3.63, 3.8) is 0 Å². The summed E-state index contributed by atoms with van der Waals surface area (Å²) >= 11 is 0. The average Bonchev–Trinajstić information content (AvgIpc) is 2.28. The van der Waals surface area contributed by atoms with Gasteiger partial charge in [0.05, 0.1) is 12.7 Å². The Morgan fingerprint density at radius 1 is 1.53 bits per heavy atom. The summed E-state index contributed by atoms with van der Waals surface area (Å²) in [6.07, 6.45) is 5.89. The third-order valence-corrected chi connectivity index (χ3v) is 2.15. The zero-order chi connectivity index (χ0) is 11.4. The first-order valence-corrected chi connectivity index (χ1v) is 4.28. The number of ether oxygens (including phenoxy) is 1. The molecule has 0 heterocycles. The van der Waals surface area contributed by atoms with Gasteiger partial charge in [-0.1, -0.05) is 5.92 Å². The number of aldehydes is 1. The summed E-state index contributed by atoms with van der Waals surface area (Å²) in [5.41, 5.74) is 1.81. The van der Waals surface area contributed by atoms with Gasteiger partial charge in [-0.05, 0) is 24.6 Å². The maximum absolute atomic E-state index is 11.4. The van der Waals surface area contributed by atoms with Gasteiger partial charge in [-0.25, -0.2) is 4.79 Å². The quantitative estimate of drug-likeness (QED) is 0.415. The molecule has 1 aromatic rings. The third kappa shape index (κ3) is 2.05. The number of terminal acetylenes is 1. The lowest BCUT2D eigenvalue weighted by molar-refractivity contribution is 0.0600. The Morgan fingerprint density at radius 3 is 2.67 bits per heavy atom. The molecule has 0 aromatic heterocycles. The van der Waals surface area contributed by atoms with E-state index < -0.39 is 5.97 Å². The van der Waals surface area contributed by atoms with Gasteiger partial charge in [0.15, 0.2) is 0 Å². The number of methoxy groups -OCH3 is 1. The molecule has 0 N–H and O–H groups in total. The Labute approximate surface area is 88.1 Å². The SMILES string of the molecule is C#Cc1cc(C=O)c(C)c(C(=O)OC)c1. The fourth-order valence-corrected chi connectivity index (χ4v) is 1.26. The summed E-state index contributed by atoms with van der Waals surface area (Å²) in [6, 6.07) is 3.10. The van der Waals surface area contributed by atoms with Crippen molar-refractivity contribution in [2.45, 2.75) is 6.92 Å². The van der Waals surface area contributed by atoms with Crippen molar-refractivity contribution in [3.8, 4) is 12.3 Å². The minimum Gasteiger partial charge on any atom is -0.465 e. The number of carbonyl (C=O) groups is 2. The minimum absolute atomic E-state index is 0.329. The van der Waals surface area contributed by atoms with Crippen molar-refractivity contribution in [1.82, 2.24) is 0 Å². The monoisotopic (exact) mass is 202 g/mol. The molecule has 0 aliphatic heterocycles. The largest absolute Gasteiger partial charge is 0.465 e. The molecule has 0 spiro atoms. The van der Waals surface area contributed by atoms with E-state index in [1.165, 1.54) is 13.2 Å². The highest BCUT2D eigenvalue weighted by atomic mass is 16.5. The molecule has 0 aliphatic rings. The predicted molar refractivity (Wildman–Crippen MR) is 55.8 cm³/mol. The van der Waals surface area contributed by atoms with Crippen LogP contribution < -0.4 is 0 Å². The van der Waals surface area contributed by atoms with Gasteiger partial charge in [0.1, 0.15) is 6.29 Å². The highest BCUT2D eigenvalue weighted by Crippen LogP contribution is 2.16. The van der Waals surface area contributed by atoms with Crippen LogP contribution in [-0.2, 0) is 4.74 Å². The minimum atomic E-state index is -0.493. The first-order chi connectivity index (χ1) is 7.13. The summed E-state index contributed by atoms with van der Waals surface area (Å²) in [5.74, 6) is 1.89. The van der Waals surface area contributed by atoms with Gasteiger partial charge in [0, 0.05) is 11.1 Å². The second kappa shape index (κ2) is 4.43. The van der Waals surface area contributed by atoms with Crippen molar-refractivity contribution < 1.29 is 14.3 Å². The summed E-state index contributed by atoms with van der Waals surface area (Å²) in [5, 5.41) is 0. The zero-order valence-electron chi connectivity index (χ0n) is 8.53. The van der Waals surface area contributed by atoms with E-state index in [1.54, 1.807) is 13.0 Å². The highest BCUT2D eigenvalue weighted by Gasteiger charge is 2.13. The van der Waals surface area contributed by atoms with E-state index in [1.807, 2.05) is 0 Å². The molecule has 0 aliphatic carbocycles. The zero-order valence-corrected chi connectivity index (χ0v) is 8.53. The molecule has 3 heteroatoms. The summed E-state index contributed by atoms with van der Waals surface area (Å²) < 4.78 is 4.59. The van der Waals surface area contributed by atoms with Crippen LogP contribution in [0.25, 0.3) is 0 Å². The van der Waals surface area contributed by atoms with Crippen LogP contribution in [0.5, 0.6) is 0 Å². The number of hydrogen-bond donors (Lipinski definition) is 0. The normalized spacial score (nSPS) is 9.13. The van der Waals surface area contributed by atoms with Crippen LogP contribution in [0.4, 0.5) is 0 Å². The molecule has 0 amide bonds. The Kier molecular flexibility index (Phi) is 3.25. The Morgan fingerprint density at radius 2 is 2.20 bits per heavy atom. The highest BCUT2D eigenvalue weighted by molar-refractivity contribution is 5.94. The molecule has 1 rings (SSSR count). The first-order valence-electron chi connectivity index (χ1n) is 4.28. The number of hydrogen-bond acceptors (Lipinski definition) is 3. The molecular formula is C12H10O3. The van der Waals surface area contributed by atoms with Crippen molar-refractivity contribution in [3.05, 3.63) is 34.4 Å². The van der Waals surface area contributed by atoms with Gasteiger partial charge < -0.3 is 4.74 Å². The van der Waals surface area contributed by atoms with Gasteiger partial charge in [-0.2, -0.15) is 0 Å². The summed E-state index contributed by atoms with van der Waals surface area (Å²) in [7, 11) is 1.28. The van der Waals surface area contributed by atoms with Gasteiger partial charge in [0.2, 0.25) is 0 Å². The molecule has 0 saturated heterocycles. The van der Waals surface area contributed by atoms with Crippen molar-refractivity contribution >= 4 is 12.3 Å². The number of rotatable bonds is 2. The van der Waals surface area contributed by atoms with E-state index in [0.29, 0.717) is 28.5 Å². The molecule has 15 heavy (non-hydrogen) atoms. The Bertz CT molecular complexity index is 453. The van der Waals surface area contributed by atoms with Crippen molar-refractivity contribution in [1.29, 1.82) is 0 Å². The van der Waals surface area contributed by atoms with E-state index in [-0.39, 0.29) is 0 Å². The molecule has 0 fully saturated rings. The predicted octanol–water partition coefficient (Wildman–Crippen LogP) is 1.58. The first kappa shape index (κ1) is 11.0. The lowest BCUT2D eigenvalue weighted by atomic mass is 9.99. The fraction of sp³-hybridized carbons (Fsp3) is 0.167. The molecular weight excluding hydrogens is 192 g/mol. The van der Waals surface area contributed by atoms with Gasteiger partial charge >= 0.3 is 5.97 Å². The second-order valence-corrected chi connectivity index (χ2v) is 2.99. The van der Waals surface area contributed by atoms with Crippen LogP contribution in [0, 0.1) is 19.3 Å². The fourth-order valence-electron chi connectivity index (χ4n) is 1.26. The number of benzene rings is 1. The molecule has 0 bridgehead atoms. The Hall–Kier alpha value is -2.08. The van der Waals surface area contributed by atoms with Crippen LogP contribution in [0.15, 0.2) is 12.1 Å². The molecule has 3 nitrogen and oxygen atoms in total. The van der Waals surface area contributed by atoms with Gasteiger partial charge in [0.25, 0.3) is 0 Å². The lowest BCUT2D eigenvalue weighted by Gasteiger charge is -2.06. The van der Waals surface area contributed by atoms with Crippen LogP contribution in [0.1, 0.15) is 31.8 Å². The standard InChI is InChI=1S/C12H10O3/c1-4-9-5-10(7-13)8(2)11(6-9)12(14)15-3/h1,5-7H,2-3H3. The maximum atomic E-state index is 11.4. The van der Waals surface area contributed by atoms with E-state index in [2.05, 4.69) is 10.7 Å². The summed E-state index contributed by atoms with van der Waals surface area (Å²) in [4.78, 5) is 22.1. The van der Waals surface area contributed by atoms with Gasteiger partial charge in [-0.15, -0.1) is 6.42 Å². The van der Waals surface area contributed by atoms with E-state index in [4.69, 9.17) is 6.42 Å². The smallest absolute Gasteiger partial charge is 0.338 e. The molecule has 76 valence electrons. The molecule has 0 unspecified atom stereocenters. The van der Waals surface area contributed by atoms with Crippen molar-refractivity contribution in [2.75, 3.05) is 7.11 Å². The lowest BCUT2D eigenvalue weighted by Crippen LogP contribution is -2.06. The van der Waals surface area contributed by atoms with Crippen LogP contribution in [-0.4, -0.2) is 19.4 Å². The number of esters is 1. The van der Waals surface area contributed by atoms with Crippen LogP contribution >= 0.6 is 0 Å². The Balaban J connectivity index is 3.45. The maximum Gasteiger partial charge on any atom is 0.338 e. The number of carbonyl (C=O) groups excluding carboxylic acids is 2. The molecule has 1 aromatic carbocycles. The average molecular weight is 202 g/mol. The molecule has 0 saturated carbocycles. The van der Waals surface area contributed by atoms with Gasteiger partial charge in [-0.3, -0.25) is 4.79 Å². The van der Waals surface area contributed by atoms with E-state index >= 15 is 0 Å². The van der Waals surface area contributed by atoms with Crippen LogP contribution in [0.3, 0.4) is 0 Å². The molecule has 0 radical (unpaired) electrons.